The lowest BCUT2D eigenvalue weighted by molar-refractivity contribution is -0.111. The van der Waals surface area contributed by atoms with E-state index in [0.29, 0.717) is 5.02 Å². The number of carbonyl (C=O) groups excluding carboxylic acids is 1. The van der Waals surface area contributed by atoms with Crippen molar-refractivity contribution in [3.8, 4) is 0 Å². The maximum absolute atomic E-state index is 11.9. The summed E-state index contributed by atoms with van der Waals surface area (Å²) >= 11 is 5.77. The van der Waals surface area contributed by atoms with E-state index in [1.165, 1.54) is 24.3 Å². The molecule has 0 radical (unpaired) electrons. The second-order valence-electron chi connectivity index (χ2n) is 4.67. The zero-order chi connectivity index (χ0) is 16.1. The van der Waals surface area contributed by atoms with Crippen LogP contribution in [0.25, 0.3) is 6.08 Å². The second-order valence-corrected chi connectivity index (χ2v) is 5.11. The maximum atomic E-state index is 11.9. The van der Waals surface area contributed by atoms with Gasteiger partial charge in [0.25, 0.3) is 0 Å². The number of carboxylic acid groups (broad SMARTS) is 1. The molecule has 2 aromatic carbocycles. The molecule has 1 amide bonds. The van der Waals surface area contributed by atoms with Gasteiger partial charge in [-0.3, -0.25) is 4.79 Å². The van der Waals surface area contributed by atoms with Gasteiger partial charge in [-0.05, 0) is 42.3 Å². The molecule has 0 heterocycles. The van der Waals surface area contributed by atoms with Crippen molar-refractivity contribution in [2.45, 2.75) is 6.92 Å². The predicted octanol–water partition coefficient (Wildman–Crippen LogP) is 4.00. The van der Waals surface area contributed by atoms with E-state index >= 15 is 0 Å². The molecule has 22 heavy (non-hydrogen) atoms. The van der Waals surface area contributed by atoms with Gasteiger partial charge < -0.3 is 10.4 Å². The molecule has 0 bridgehead atoms. The monoisotopic (exact) mass is 315 g/mol. The molecule has 112 valence electrons. The molecule has 0 fully saturated rings. The normalized spacial score (nSPS) is 10.6. The smallest absolute Gasteiger partial charge is 0.337 e. The number of aryl methyl sites for hydroxylation is 1. The number of hydrogen-bond acceptors (Lipinski definition) is 2. The van der Waals surface area contributed by atoms with Crippen molar-refractivity contribution in [3.05, 3.63) is 70.3 Å². The Morgan fingerprint density at radius 3 is 2.59 bits per heavy atom. The SMILES string of the molecule is Cc1ccccc1C=CC(=O)Nc1ccc(Cl)cc1C(=O)O. The number of carbonyl (C=O) groups is 2. The number of aromatic carboxylic acids is 1. The van der Waals surface area contributed by atoms with Gasteiger partial charge in [-0.1, -0.05) is 35.9 Å². The summed E-state index contributed by atoms with van der Waals surface area (Å²) in [6.07, 6.45) is 3.05. The molecule has 0 aliphatic carbocycles. The van der Waals surface area contributed by atoms with E-state index in [1.807, 2.05) is 31.2 Å². The van der Waals surface area contributed by atoms with Crippen LogP contribution >= 0.6 is 11.6 Å². The van der Waals surface area contributed by atoms with Crippen LogP contribution in [0.5, 0.6) is 0 Å². The van der Waals surface area contributed by atoms with Gasteiger partial charge in [0, 0.05) is 11.1 Å². The summed E-state index contributed by atoms with van der Waals surface area (Å²) in [6, 6.07) is 11.9. The summed E-state index contributed by atoms with van der Waals surface area (Å²) in [4.78, 5) is 23.1. The lowest BCUT2D eigenvalue weighted by Gasteiger charge is -2.07. The van der Waals surface area contributed by atoms with E-state index < -0.39 is 11.9 Å². The zero-order valence-corrected chi connectivity index (χ0v) is 12.6. The molecule has 2 rings (SSSR count). The highest BCUT2D eigenvalue weighted by molar-refractivity contribution is 6.31. The number of rotatable bonds is 4. The van der Waals surface area contributed by atoms with Gasteiger partial charge >= 0.3 is 5.97 Å². The van der Waals surface area contributed by atoms with Crippen molar-refractivity contribution in [1.82, 2.24) is 0 Å². The summed E-state index contributed by atoms with van der Waals surface area (Å²) in [7, 11) is 0. The second kappa shape index (κ2) is 6.91. The first-order chi connectivity index (χ1) is 10.5. The van der Waals surface area contributed by atoms with Crippen LogP contribution in [0.1, 0.15) is 21.5 Å². The Bertz CT molecular complexity index is 753. The van der Waals surface area contributed by atoms with Crippen LogP contribution in [-0.2, 0) is 4.79 Å². The molecule has 0 aromatic heterocycles. The van der Waals surface area contributed by atoms with E-state index in [2.05, 4.69) is 5.32 Å². The van der Waals surface area contributed by atoms with Crippen molar-refractivity contribution in [2.75, 3.05) is 5.32 Å². The van der Waals surface area contributed by atoms with E-state index in [1.54, 1.807) is 6.08 Å². The topological polar surface area (TPSA) is 66.4 Å². The quantitative estimate of drug-likeness (QED) is 0.838. The van der Waals surface area contributed by atoms with Crippen molar-refractivity contribution in [2.24, 2.45) is 0 Å². The average molecular weight is 316 g/mol. The van der Waals surface area contributed by atoms with Crippen molar-refractivity contribution >= 4 is 35.2 Å². The third-order valence-corrected chi connectivity index (χ3v) is 3.31. The Balaban J connectivity index is 2.16. The van der Waals surface area contributed by atoms with E-state index in [-0.39, 0.29) is 11.3 Å². The van der Waals surface area contributed by atoms with Crippen LogP contribution in [0.2, 0.25) is 5.02 Å². The van der Waals surface area contributed by atoms with Crippen LogP contribution in [0.15, 0.2) is 48.5 Å². The lowest BCUT2D eigenvalue weighted by atomic mass is 10.1. The summed E-state index contributed by atoms with van der Waals surface area (Å²) in [5, 5.41) is 12.0. The molecule has 5 heteroatoms. The number of nitrogens with one attached hydrogen (secondary N) is 1. The van der Waals surface area contributed by atoms with E-state index in [4.69, 9.17) is 16.7 Å². The van der Waals surface area contributed by atoms with Crippen molar-refractivity contribution in [1.29, 1.82) is 0 Å². The number of halogens is 1. The van der Waals surface area contributed by atoms with Gasteiger partial charge in [0.2, 0.25) is 5.91 Å². The molecular weight excluding hydrogens is 302 g/mol. The fraction of sp³-hybridized carbons (Fsp3) is 0.0588. The van der Waals surface area contributed by atoms with Gasteiger partial charge in [-0.25, -0.2) is 4.79 Å². The van der Waals surface area contributed by atoms with Crippen molar-refractivity contribution in [3.63, 3.8) is 0 Å². The third kappa shape index (κ3) is 3.96. The number of hydrogen-bond donors (Lipinski definition) is 2. The molecule has 0 aliphatic rings. The fourth-order valence-corrected chi connectivity index (χ4v) is 2.09. The predicted molar refractivity (Wildman–Crippen MR) is 87.3 cm³/mol. The highest BCUT2D eigenvalue weighted by atomic mass is 35.5. The molecule has 0 unspecified atom stereocenters. The molecule has 2 N–H and O–H groups in total. The van der Waals surface area contributed by atoms with Crippen LogP contribution in [0.4, 0.5) is 5.69 Å². The minimum atomic E-state index is -1.15. The highest BCUT2D eigenvalue weighted by Crippen LogP contribution is 2.21. The Morgan fingerprint density at radius 1 is 1.18 bits per heavy atom. The Labute approximate surface area is 133 Å². The van der Waals surface area contributed by atoms with E-state index in [0.717, 1.165) is 11.1 Å². The minimum absolute atomic E-state index is 0.0508. The molecule has 0 spiro atoms. The van der Waals surface area contributed by atoms with Gasteiger partial charge in [0.1, 0.15) is 0 Å². The first-order valence-corrected chi connectivity index (χ1v) is 6.92. The first kappa shape index (κ1) is 15.8. The molecule has 2 aromatic rings. The molecule has 0 saturated carbocycles. The van der Waals surface area contributed by atoms with Gasteiger partial charge in [0.05, 0.1) is 11.3 Å². The van der Waals surface area contributed by atoms with Gasteiger partial charge in [-0.2, -0.15) is 0 Å². The number of carboxylic acids is 1. The Hall–Kier alpha value is -2.59. The number of benzene rings is 2. The zero-order valence-electron chi connectivity index (χ0n) is 11.8. The largest absolute Gasteiger partial charge is 0.478 e. The lowest BCUT2D eigenvalue weighted by Crippen LogP contribution is -2.12. The molecule has 4 nitrogen and oxygen atoms in total. The third-order valence-electron chi connectivity index (χ3n) is 3.07. The van der Waals surface area contributed by atoms with Crippen LogP contribution in [0, 0.1) is 6.92 Å². The standard InChI is InChI=1S/C17H14ClNO3/c1-11-4-2-3-5-12(11)6-9-16(20)19-15-8-7-13(18)10-14(15)17(21)22/h2-10H,1H3,(H,19,20)(H,21,22). The van der Waals surface area contributed by atoms with Gasteiger partial charge in [-0.15, -0.1) is 0 Å². The molecular formula is C17H14ClNO3. The number of amides is 1. The van der Waals surface area contributed by atoms with Crippen LogP contribution < -0.4 is 5.32 Å². The summed E-state index contributed by atoms with van der Waals surface area (Å²) in [5.41, 5.74) is 2.12. The van der Waals surface area contributed by atoms with Crippen molar-refractivity contribution < 1.29 is 14.7 Å². The van der Waals surface area contributed by atoms with Crippen LogP contribution in [0.3, 0.4) is 0 Å². The summed E-state index contributed by atoms with van der Waals surface area (Å²) in [5.74, 6) is -1.56. The first-order valence-electron chi connectivity index (χ1n) is 6.55. The summed E-state index contributed by atoms with van der Waals surface area (Å²) < 4.78 is 0. The van der Waals surface area contributed by atoms with E-state index in [9.17, 15) is 9.59 Å². The van der Waals surface area contributed by atoms with Gasteiger partial charge in [0.15, 0.2) is 0 Å². The fourth-order valence-electron chi connectivity index (χ4n) is 1.92. The number of anilines is 1. The summed E-state index contributed by atoms with van der Waals surface area (Å²) in [6.45, 7) is 1.94. The Morgan fingerprint density at radius 2 is 1.91 bits per heavy atom. The highest BCUT2D eigenvalue weighted by Gasteiger charge is 2.12. The van der Waals surface area contributed by atoms with Crippen LogP contribution in [-0.4, -0.2) is 17.0 Å². The average Bonchev–Trinajstić information content (AvgIpc) is 2.48. The molecule has 0 atom stereocenters. The maximum Gasteiger partial charge on any atom is 0.337 e. The molecule has 0 saturated heterocycles. The molecule has 0 aliphatic heterocycles. The Kier molecular flexibility index (Phi) is 4.96. The minimum Gasteiger partial charge on any atom is -0.478 e.